The third-order valence-corrected chi connectivity index (χ3v) is 15.7. The van der Waals surface area contributed by atoms with E-state index in [1.807, 2.05) is 29.2 Å². The molecular formula is C51H56N6O6. The first-order valence-electron chi connectivity index (χ1n) is 23.1. The number of likely N-dealkylation sites (tertiary alicyclic amines) is 1. The maximum atomic E-state index is 13.8. The van der Waals surface area contributed by atoms with Crippen LogP contribution >= 0.6 is 0 Å². The number of imide groups is 1. The highest BCUT2D eigenvalue weighted by molar-refractivity contribution is 6.06. The van der Waals surface area contributed by atoms with Gasteiger partial charge in [0.1, 0.15) is 24.1 Å². The molecule has 4 amide bonds. The van der Waals surface area contributed by atoms with E-state index in [4.69, 9.17) is 4.74 Å². The van der Waals surface area contributed by atoms with Crippen LogP contribution in [-0.4, -0.2) is 114 Å². The number of phenols is 1. The number of hydrogen-bond donors (Lipinski definition) is 2. The number of fused-ring (bicyclic) bond motifs is 5. The minimum absolute atomic E-state index is 0.0215. The van der Waals surface area contributed by atoms with Crippen molar-refractivity contribution in [3.05, 3.63) is 118 Å². The Kier molecular flexibility index (Phi) is 10.2. The summed E-state index contributed by atoms with van der Waals surface area (Å²) < 4.78 is 6.23. The van der Waals surface area contributed by atoms with Gasteiger partial charge in [0, 0.05) is 62.9 Å². The summed E-state index contributed by atoms with van der Waals surface area (Å²) in [5.41, 5.74) is 9.25. The van der Waals surface area contributed by atoms with Gasteiger partial charge in [-0.1, -0.05) is 48.5 Å². The molecule has 6 heterocycles. The second-order valence-corrected chi connectivity index (χ2v) is 19.1. The zero-order chi connectivity index (χ0) is 42.8. The summed E-state index contributed by atoms with van der Waals surface area (Å²) in [6, 6.07) is 29.4. The van der Waals surface area contributed by atoms with Gasteiger partial charge < -0.3 is 29.4 Å². The van der Waals surface area contributed by atoms with Crippen LogP contribution in [0, 0.1) is 5.41 Å². The van der Waals surface area contributed by atoms with Crippen molar-refractivity contribution in [3.63, 3.8) is 0 Å². The molecule has 4 saturated heterocycles. The number of aryl methyl sites for hydroxylation is 1. The lowest BCUT2D eigenvalue weighted by molar-refractivity contribution is -0.137. The Labute approximate surface area is 368 Å². The van der Waals surface area contributed by atoms with Crippen molar-refractivity contribution in [2.75, 3.05) is 68.8 Å². The number of carbonyl (C=O) groups is 4. The van der Waals surface area contributed by atoms with Crippen molar-refractivity contribution >= 4 is 35.0 Å². The van der Waals surface area contributed by atoms with Crippen molar-refractivity contribution in [3.8, 4) is 11.5 Å². The Bertz CT molecular complexity index is 2440. The van der Waals surface area contributed by atoms with Gasteiger partial charge in [-0.25, -0.2) is 0 Å². The van der Waals surface area contributed by atoms with Crippen molar-refractivity contribution < 1.29 is 29.0 Å². The molecule has 4 fully saturated rings. The van der Waals surface area contributed by atoms with E-state index in [0.29, 0.717) is 74.1 Å². The Morgan fingerprint density at radius 2 is 1.56 bits per heavy atom. The SMILES string of the molecule is O=C1CCC(N2Cc3cc4c(cc3C2=O)OC[C@@H]2CN(C(=O)CN3CCC5(CC3)CCN(c3ccc([C@@H]6c7ccc(O)cc7CC[C@@H]6c6ccccc6)cc3)CC5)CCN42)C(=O)N1. The van der Waals surface area contributed by atoms with E-state index < -0.39 is 11.9 Å². The molecule has 12 nitrogen and oxygen atoms in total. The molecule has 4 aromatic carbocycles. The molecule has 7 aliphatic rings. The Hall–Kier alpha value is -5.88. The molecule has 0 bridgehead atoms. The highest BCUT2D eigenvalue weighted by Crippen LogP contribution is 2.48. The number of piperazine rings is 1. The third kappa shape index (κ3) is 7.39. The first-order valence-corrected chi connectivity index (χ1v) is 23.1. The minimum atomic E-state index is -0.657. The molecule has 2 N–H and O–H groups in total. The Morgan fingerprint density at radius 3 is 2.33 bits per heavy atom. The molecule has 6 aliphatic heterocycles. The number of ether oxygens (including phenoxy) is 1. The lowest BCUT2D eigenvalue weighted by Gasteiger charge is -2.48. The number of piperidine rings is 3. The number of amides is 4. The summed E-state index contributed by atoms with van der Waals surface area (Å²) in [5.74, 6) is 0.898. The first kappa shape index (κ1) is 39.9. The van der Waals surface area contributed by atoms with E-state index in [2.05, 4.69) is 80.7 Å². The van der Waals surface area contributed by atoms with E-state index in [1.165, 1.54) is 40.8 Å². The van der Waals surface area contributed by atoms with Gasteiger partial charge >= 0.3 is 0 Å². The molecule has 11 rings (SSSR count). The van der Waals surface area contributed by atoms with Crippen molar-refractivity contribution in [1.29, 1.82) is 0 Å². The summed E-state index contributed by atoms with van der Waals surface area (Å²) >= 11 is 0. The molecule has 4 aromatic rings. The van der Waals surface area contributed by atoms with Crippen LogP contribution in [0.2, 0.25) is 0 Å². The van der Waals surface area contributed by atoms with E-state index >= 15 is 0 Å². The lowest BCUT2D eigenvalue weighted by Crippen LogP contribution is -2.59. The topological polar surface area (TPSA) is 126 Å². The van der Waals surface area contributed by atoms with Gasteiger partial charge in [0.15, 0.2) is 0 Å². The fourth-order valence-corrected chi connectivity index (χ4v) is 12.0. The quantitative estimate of drug-likeness (QED) is 0.232. The highest BCUT2D eigenvalue weighted by atomic mass is 16.5. The summed E-state index contributed by atoms with van der Waals surface area (Å²) in [6.45, 7) is 7.10. The molecule has 326 valence electrons. The normalized spacial score (nSPS) is 25.5. The standard InChI is InChI=1S/C51H56N6O6/c58-39-11-13-41-35(26-39)8-12-40(33-4-2-1-3-5-33)48(41)34-6-9-37(10-7-34)54-22-18-51(19-23-54)16-20-53(21-17-51)31-47(60)55-24-25-56-38(30-55)32-63-45-28-42-36(27-44(45)56)29-57(50(42)62)43-14-15-46(59)52-49(43)61/h1-7,9-11,13,26-28,38,40,43,48,58H,8,12,14-25,29-32H2,(H,52,59,61)/t38-,40+,43?,48-/m0/s1. The van der Waals surface area contributed by atoms with Gasteiger partial charge in [-0.3, -0.25) is 29.4 Å². The maximum absolute atomic E-state index is 13.8. The molecule has 0 saturated carbocycles. The van der Waals surface area contributed by atoms with Gasteiger partial charge in [0.25, 0.3) is 5.91 Å². The van der Waals surface area contributed by atoms with Crippen LogP contribution in [0.4, 0.5) is 11.4 Å². The summed E-state index contributed by atoms with van der Waals surface area (Å²) in [4.78, 5) is 62.3. The van der Waals surface area contributed by atoms with Crippen LogP contribution in [0.5, 0.6) is 11.5 Å². The average Bonchev–Trinajstić information content (AvgIpc) is 3.63. The van der Waals surface area contributed by atoms with Crippen molar-refractivity contribution in [2.45, 2.75) is 81.8 Å². The van der Waals surface area contributed by atoms with E-state index in [1.54, 1.807) is 4.90 Å². The number of hydrogen-bond acceptors (Lipinski definition) is 9. The number of carbonyl (C=O) groups excluding carboxylic acids is 4. The minimum Gasteiger partial charge on any atom is -0.508 e. The summed E-state index contributed by atoms with van der Waals surface area (Å²) in [6.07, 6.45) is 7.16. The van der Waals surface area contributed by atoms with Crippen LogP contribution in [0.3, 0.4) is 0 Å². The smallest absolute Gasteiger partial charge is 0.255 e. The molecule has 1 aliphatic carbocycles. The van der Waals surface area contributed by atoms with Crippen LogP contribution in [0.15, 0.2) is 84.9 Å². The number of benzene rings is 4. The van der Waals surface area contributed by atoms with E-state index in [0.717, 1.165) is 63.1 Å². The van der Waals surface area contributed by atoms with Gasteiger partial charge in [-0.15, -0.1) is 0 Å². The summed E-state index contributed by atoms with van der Waals surface area (Å²) in [7, 11) is 0. The van der Waals surface area contributed by atoms with E-state index in [9.17, 15) is 24.3 Å². The molecular weight excluding hydrogens is 793 g/mol. The molecule has 0 radical (unpaired) electrons. The average molecular weight is 849 g/mol. The maximum Gasteiger partial charge on any atom is 0.255 e. The molecule has 1 spiro atoms. The molecule has 63 heavy (non-hydrogen) atoms. The molecule has 4 atom stereocenters. The zero-order valence-corrected chi connectivity index (χ0v) is 35.8. The van der Waals surface area contributed by atoms with Gasteiger partial charge in [-0.2, -0.15) is 0 Å². The Balaban J connectivity index is 0.672. The predicted molar refractivity (Wildman–Crippen MR) is 239 cm³/mol. The molecule has 0 aromatic heterocycles. The third-order valence-electron chi connectivity index (χ3n) is 15.7. The monoisotopic (exact) mass is 848 g/mol. The predicted octanol–water partition coefficient (Wildman–Crippen LogP) is 5.81. The lowest BCUT2D eigenvalue weighted by atomic mass is 9.69. The van der Waals surface area contributed by atoms with Crippen LogP contribution in [0.1, 0.15) is 95.0 Å². The molecule has 1 unspecified atom stereocenters. The summed E-state index contributed by atoms with van der Waals surface area (Å²) in [5, 5.41) is 12.6. The van der Waals surface area contributed by atoms with Gasteiger partial charge in [0.2, 0.25) is 17.7 Å². The number of phenolic OH excluding ortho intramolecular Hbond substituents is 1. The van der Waals surface area contributed by atoms with Gasteiger partial charge in [0.05, 0.1) is 18.3 Å². The van der Waals surface area contributed by atoms with E-state index in [-0.39, 0.29) is 36.1 Å². The van der Waals surface area contributed by atoms with Crippen LogP contribution in [0.25, 0.3) is 0 Å². The molecule has 12 heteroatoms. The Morgan fingerprint density at radius 1 is 0.778 bits per heavy atom. The van der Waals surface area contributed by atoms with Crippen LogP contribution in [-0.2, 0) is 27.3 Å². The number of aromatic hydroxyl groups is 1. The van der Waals surface area contributed by atoms with Gasteiger partial charge in [-0.05, 0) is 134 Å². The highest BCUT2D eigenvalue weighted by Gasteiger charge is 2.43. The second kappa shape index (κ2) is 16.0. The first-order chi connectivity index (χ1) is 30.7. The zero-order valence-electron chi connectivity index (χ0n) is 35.8. The van der Waals surface area contributed by atoms with Crippen molar-refractivity contribution in [1.82, 2.24) is 20.0 Å². The van der Waals surface area contributed by atoms with Crippen molar-refractivity contribution in [2.24, 2.45) is 5.41 Å². The number of anilines is 2. The fraction of sp³-hybridized carbons (Fsp3) is 0.451. The number of nitrogens with zero attached hydrogens (tertiary/aromatic N) is 5. The largest absolute Gasteiger partial charge is 0.508 e. The number of rotatable bonds is 6. The fourth-order valence-electron chi connectivity index (χ4n) is 12.0. The second-order valence-electron chi connectivity index (χ2n) is 19.1. The van der Waals surface area contributed by atoms with Crippen LogP contribution < -0.4 is 19.9 Å². The number of nitrogens with one attached hydrogen (secondary N) is 1.